The monoisotopic (exact) mass is 112 g/mol. The molecule has 0 aliphatic heterocycles. The molecule has 2 heteroatoms. The lowest BCUT2D eigenvalue weighted by Crippen LogP contribution is -1.78. The minimum Gasteiger partial charge on any atom is -0.194 e. The van der Waals surface area contributed by atoms with Crippen molar-refractivity contribution >= 4 is 0 Å². The molecule has 0 radical (unpaired) electrons. The summed E-state index contributed by atoms with van der Waals surface area (Å²) in [6, 6.07) is 0. The Balaban J connectivity index is 1.93. The van der Waals surface area contributed by atoms with E-state index < -0.39 is 0 Å². The van der Waals surface area contributed by atoms with Crippen molar-refractivity contribution in [2.75, 3.05) is 13.1 Å². The van der Waals surface area contributed by atoms with E-state index in [0.29, 0.717) is 0 Å². The number of hydrogen-bond donors (Lipinski definition) is 0. The van der Waals surface area contributed by atoms with Gasteiger partial charge in [-0.15, -0.1) is 0 Å². The Morgan fingerprint density at radius 3 is 2.62 bits per heavy atom. The summed E-state index contributed by atoms with van der Waals surface area (Å²) in [7, 11) is 0. The summed E-state index contributed by atoms with van der Waals surface area (Å²) in [6.45, 7) is 3.83. The standard InChI is InChI=1S/C6H12N2/c1-2-7-8-5-6-3-4-6/h6H,2-5H2,1H3. The summed E-state index contributed by atoms with van der Waals surface area (Å²) in [5.41, 5.74) is 0. The van der Waals surface area contributed by atoms with Gasteiger partial charge < -0.3 is 0 Å². The van der Waals surface area contributed by atoms with Gasteiger partial charge in [-0.3, -0.25) is 0 Å². The summed E-state index contributed by atoms with van der Waals surface area (Å²) < 4.78 is 0. The molecule has 0 aromatic heterocycles. The van der Waals surface area contributed by atoms with Gasteiger partial charge >= 0.3 is 0 Å². The molecule has 1 fully saturated rings. The molecule has 0 aromatic carbocycles. The Morgan fingerprint density at radius 1 is 1.38 bits per heavy atom. The van der Waals surface area contributed by atoms with Crippen LogP contribution in [0.3, 0.4) is 0 Å². The van der Waals surface area contributed by atoms with Crippen LogP contribution in [0.15, 0.2) is 10.2 Å². The van der Waals surface area contributed by atoms with E-state index in [0.717, 1.165) is 19.0 Å². The lowest BCUT2D eigenvalue weighted by Gasteiger charge is -1.82. The highest BCUT2D eigenvalue weighted by molar-refractivity contribution is 4.74. The minimum absolute atomic E-state index is 0.840. The van der Waals surface area contributed by atoms with Gasteiger partial charge in [0, 0.05) is 0 Å². The lowest BCUT2D eigenvalue weighted by molar-refractivity contribution is 0.777. The summed E-state index contributed by atoms with van der Waals surface area (Å²) in [5, 5.41) is 7.85. The van der Waals surface area contributed by atoms with Crippen LogP contribution < -0.4 is 0 Å². The summed E-state index contributed by atoms with van der Waals surface area (Å²) in [6.07, 6.45) is 2.76. The molecule has 0 atom stereocenters. The second-order valence-corrected chi connectivity index (χ2v) is 2.23. The highest BCUT2D eigenvalue weighted by Gasteiger charge is 2.20. The number of rotatable bonds is 3. The van der Waals surface area contributed by atoms with Crippen molar-refractivity contribution in [3.05, 3.63) is 0 Å². The van der Waals surface area contributed by atoms with Gasteiger partial charge in [0.1, 0.15) is 0 Å². The molecule has 0 saturated heterocycles. The summed E-state index contributed by atoms with van der Waals surface area (Å²) in [4.78, 5) is 0. The fraction of sp³-hybridized carbons (Fsp3) is 1.00. The molecular weight excluding hydrogens is 100 g/mol. The minimum atomic E-state index is 0.840. The van der Waals surface area contributed by atoms with Crippen LogP contribution in [0.1, 0.15) is 19.8 Å². The summed E-state index contributed by atoms with van der Waals surface area (Å²) >= 11 is 0. The Kier molecular flexibility index (Phi) is 2.00. The SMILES string of the molecule is CCN=NCC1CC1. The van der Waals surface area contributed by atoms with E-state index in [1.165, 1.54) is 12.8 Å². The smallest absolute Gasteiger partial charge is 0.0627 e. The van der Waals surface area contributed by atoms with Crippen LogP contribution in [0, 0.1) is 5.92 Å². The van der Waals surface area contributed by atoms with Crippen LogP contribution >= 0.6 is 0 Å². The van der Waals surface area contributed by atoms with Crippen LogP contribution in [0.25, 0.3) is 0 Å². The first-order valence-corrected chi connectivity index (χ1v) is 3.26. The highest BCUT2D eigenvalue weighted by atomic mass is 15.1. The highest BCUT2D eigenvalue weighted by Crippen LogP contribution is 2.28. The zero-order valence-corrected chi connectivity index (χ0v) is 5.30. The van der Waals surface area contributed by atoms with Crippen LogP contribution in [0.4, 0.5) is 0 Å². The molecular formula is C6H12N2. The molecule has 0 amide bonds. The third-order valence-corrected chi connectivity index (χ3v) is 1.28. The maximum Gasteiger partial charge on any atom is 0.0627 e. The Bertz CT molecular complexity index is 84.5. The van der Waals surface area contributed by atoms with E-state index in [4.69, 9.17) is 0 Å². The fourth-order valence-electron chi connectivity index (χ4n) is 0.574. The van der Waals surface area contributed by atoms with Crippen LogP contribution in [-0.4, -0.2) is 13.1 Å². The molecule has 8 heavy (non-hydrogen) atoms. The largest absolute Gasteiger partial charge is 0.194 e. The maximum absolute atomic E-state index is 3.98. The molecule has 1 saturated carbocycles. The Hall–Kier alpha value is -0.400. The van der Waals surface area contributed by atoms with Crippen LogP contribution in [0.5, 0.6) is 0 Å². The van der Waals surface area contributed by atoms with Gasteiger partial charge in [0.2, 0.25) is 0 Å². The first kappa shape index (κ1) is 5.73. The molecule has 0 unspecified atom stereocenters. The predicted octanol–water partition coefficient (Wildman–Crippen LogP) is 1.87. The van der Waals surface area contributed by atoms with E-state index in [2.05, 4.69) is 10.2 Å². The number of nitrogens with zero attached hydrogens (tertiary/aromatic N) is 2. The average molecular weight is 112 g/mol. The number of hydrogen-bond acceptors (Lipinski definition) is 2. The van der Waals surface area contributed by atoms with Gasteiger partial charge in [-0.2, -0.15) is 10.2 Å². The zero-order valence-electron chi connectivity index (χ0n) is 5.30. The Labute approximate surface area is 50.0 Å². The molecule has 1 rings (SSSR count). The normalized spacial score (nSPS) is 20.1. The fourth-order valence-corrected chi connectivity index (χ4v) is 0.574. The number of azo groups is 1. The van der Waals surface area contributed by atoms with Gasteiger partial charge in [-0.25, -0.2) is 0 Å². The summed E-state index contributed by atoms with van der Waals surface area (Å²) in [5.74, 6) is 0.894. The van der Waals surface area contributed by atoms with E-state index in [1.807, 2.05) is 6.92 Å². The third-order valence-electron chi connectivity index (χ3n) is 1.28. The molecule has 1 aliphatic rings. The van der Waals surface area contributed by atoms with Crippen LogP contribution in [-0.2, 0) is 0 Å². The topological polar surface area (TPSA) is 24.7 Å². The molecule has 46 valence electrons. The lowest BCUT2D eigenvalue weighted by atomic mass is 10.4. The van der Waals surface area contributed by atoms with Crippen molar-refractivity contribution in [3.63, 3.8) is 0 Å². The molecule has 1 aliphatic carbocycles. The van der Waals surface area contributed by atoms with E-state index >= 15 is 0 Å². The first-order chi connectivity index (χ1) is 3.93. The van der Waals surface area contributed by atoms with Crippen molar-refractivity contribution in [2.45, 2.75) is 19.8 Å². The second kappa shape index (κ2) is 2.80. The van der Waals surface area contributed by atoms with Crippen LogP contribution in [0.2, 0.25) is 0 Å². The average Bonchev–Trinajstić information content (AvgIpc) is 2.51. The van der Waals surface area contributed by atoms with Crippen molar-refractivity contribution in [3.8, 4) is 0 Å². The van der Waals surface area contributed by atoms with Gasteiger partial charge in [0.05, 0.1) is 13.1 Å². The van der Waals surface area contributed by atoms with Crippen molar-refractivity contribution in [2.24, 2.45) is 16.1 Å². The second-order valence-electron chi connectivity index (χ2n) is 2.23. The molecule has 0 spiro atoms. The van der Waals surface area contributed by atoms with E-state index in [-0.39, 0.29) is 0 Å². The van der Waals surface area contributed by atoms with Crippen molar-refractivity contribution in [1.82, 2.24) is 0 Å². The Morgan fingerprint density at radius 2 is 2.12 bits per heavy atom. The zero-order chi connectivity index (χ0) is 5.82. The molecule has 0 heterocycles. The quantitative estimate of drug-likeness (QED) is 0.498. The van der Waals surface area contributed by atoms with E-state index in [1.54, 1.807) is 0 Å². The van der Waals surface area contributed by atoms with Gasteiger partial charge in [0.15, 0.2) is 0 Å². The maximum atomic E-state index is 3.98. The molecule has 0 bridgehead atoms. The first-order valence-electron chi connectivity index (χ1n) is 3.26. The van der Waals surface area contributed by atoms with Gasteiger partial charge in [0.25, 0.3) is 0 Å². The van der Waals surface area contributed by atoms with Crippen molar-refractivity contribution in [1.29, 1.82) is 0 Å². The van der Waals surface area contributed by atoms with Gasteiger partial charge in [-0.1, -0.05) is 0 Å². The molecule has 2 nitrogen and oxygen atoms in total. The van der Waals surface area contributed by atoms with E-state index in [9.17, 15) is 0 Å². The van der Waals surface area contributed by atoms with Crippen molar-refractivity contribution < 1.29 is 0 Å². The van der Waals surface area contributed by atoms with Gasteiger partial charge in [-0.05, 0) is 25.7 Å². The predicted molar refractivity (Wildman–Crippen MR) is 33.0 cm³/mol. The third kappa shape index (κ3) is 2.05. The molecule has 0 aromatic rings. The molecule has 0 N–H and O–H groups in total.